The zero-order chi connectivity index (χ0) is 14.8. The van der Waals surface area contributed by atoms with Gasteiger partial charge in [-0.15, -0.1) is 0 Å². The maximum atomic E-state index is 10.7. The van der Waals surface area contributed by atoms with E-state index in [1.165, 1.54) is 23.9 Å². The Bertz CT molecular complexity index is 671. The number of aromatic nitrogens is 2. The van der Waals surface area contributed by atoms with Gasteiger partial charge in [-0.1, -0.05) is 11.8 Å². The lowest BCUT2D eigenvalue weighted by atomic mass is 10.3. The van der Waals surface area contributed by atoms with Crippen LogP contribution in [0.3, 0.4) is 0 Å². The Balaban J connectivity index is 1.83. The zero-order valence-corrected chi connectivity index (χ0v) is 12.3. The van der Waals surface area contributed by atoms with Crippen LogP contribution in [-0.2, 0) is 0 Å². The fourth-order valence-corrected chi connectivity index (χ4v) is 2.73. The van der Waals surface area contributed by atoms with Crippen molar-refractivity contribution in [2.24, 2.45) is 0 Å². The van der Waals surface area contributed by atoms with Gasteiger partial charge in [0.25, 0.3) is 5.69 Å². The lowest BCUT2D eigenvalue weighted by molar-refractivity contribution is -0.384. The van der Waals surface area contributed by atoms with E-state index in [4.69, 9.17) is 0 Å². The molecular weight excluding hydrogens is 288 g/mol. The summed E-state index contributed by atoms with van der Waals surface area (Å²) in [6.07, 6.45) is 2.30. The summed E-state index contributed by atoms with van der Waals surface area (Å²) in [6, 6.07) is 8.37. The largest absolute Gasteiger partial charge is 0.373 e. The van der Waals surface area contributed by atoms with Gasteiger partial charge in [0.1, 0.15) is 16.7 Å². The minimum atomic E-state index is -0.399. The third kappa shape index (κ3) is 3.30. The Labute approximate surface area is 126 Å². The quantitative estimate of drug-likeness (QED) is 0.517. The van der Waals surface area contributed by atoms with E-state index in [9.17, 15) is 10.1 Å². The first-order valence-corrected chi connectivity index (χ1v) is 7.46. The fraction of sp³-hybridized carbons (Fsp3) is 0.286. The van der Waals surface area contributed by atoms with Crippen molar-refractivity contribution >= 4 is 23.3 Å². The molecule has 0 bridgehead atoms. The number of rotatable bonds is 5. The minimum Gasteiger partial charge on any atom is -0.373 e. The van der Waals surface area contributed by atoms with Crippen LogP contribution in [0.1, 0.15) is 24.6 Å². The first-order valence-electron chi connectivity index (χ1n) is 6.65. The molecule has 1 aromatic carbocycles. The van der Waals surface area contributed by atoms with E-state index < -0.39 is 4.92 Å². The summed E-state index contributed by atoms with van der Waals surface area (Å²) >= 11 is 1.48. The molecule has 0 saturated heterocycles. The maximum absolute atomic E-state index is 10.7. The van der Waals surface area contributed by atoms with Gasteiger partial charge in [0.15, 0.2) is 0 Å². The van der Waals surface area contributed by atoms with Crippen molar-refractivity contribution in [3.8, 4) is 0 Å². The maximum Gasteiger partial charge on any atom is 0.269 e. The second kappa shape index (κ2) is 5.69. The molecule has 1 heterocycles. The molecule has 0 unspecified atom stereocenters. The van der Waals surface area contributed by atoms with Crippen molar-refractivity contribution in [1.82, 2.24) is 9.97 Å². The minimum absolute atomic E-state index is 0.0941. The van der Waals surface area contributed by atoms with Gasteiger partial charge in [-0.05, 0) is 25.0 Å². The summed E-state index contributed by atoms with van der Waals surface area (Å²) in [6.45, 7) is 0. The smallest absolute Gasteiger partial charge is 0.269 e. The number of nitrogens with zero attached hydrogens (tertiary/aromatic N) is 3. The van der Waals surface area contributed by atoms with Crippen LogP contribution in [0, 0.1) is 10.1 Å². The molecule has 0 amide bonds. The van der Waals surface area contributed by atoms with Crippen LogP contribution in [0.4, 0.5) is 11.5 Å². The first kappa shape index (κ1) is 13.8. The molecule has 1 saturated carbocycles. The van der Waals surface area contributed by atoms with Gasteiger partial charge in [0.05, 0.1) is 4.92 Å². The predicted octanol–water partition coefficient (Wildman–Crippen LogP) is 3.46. The van der Waals surface area contributed by atoms with E-state index >= 15 is 0 Å². The Morgan fingerprint density at radius 2 is 2.00 bits per heavy atom. The van der Waals surface area contributed by atoms with Crippen molar-refractivity contribution < 1.29 is 4.92 Å². The molecule has 1 aromatic heterocycles. The Hall–Kier alpha value is -2.15. The Kier molecular flexibility index (Phi) is 3.74. The molecule has 6 nitrogen and oxygen atoms in total. The summed E-state index contributed by atoms with van der Waals surface area (Å²) in [4.78, 5) is 20.2. The number of hydrogen-bond acceptors (Lipinski definition) is 6. The van der Waals surface area contributed by atoms with Crippen molar-refractivity contribution in [3.63, 3.8) is 0 Å². The van der Waals surface area contributed by atoms with Crippen LogP contribution in [0.25, 0.3) is 0 Å². The first-order chi connectivity index (χ1) is 10.2. The number of nitrogens with one attached hydrogen (secondary N) is 1. The fourth-order valence-electron chi connectivity index (χ4n) is 1.90. The highest BCUT2D eigenvalue weighted by molar-refractivity contribution is 7.99. The van der Waals surface area contributed by atoms with Gasteiger partial charge in [-0.25, -0.2) is 9.97 Å². The molecule has 0 atom stereocenters. The molecule has 1 fully saturated rings. The lowest BCUT2D eigenvalue weighted by Gasteiger charge is -2.07. The SMILES string of the molecule is CNc1cc(Sc2ccc([N+](=O)[O-])cc2)nc(C2CC2)n1. The van der Waals surface area contributed by atoms with Crippen LogP contribution in [0.2, 0.25) is 0 Å². The average molecular weight is 302 g/mol. The van der Waals surface area contributed by atoms with Crippen LogP contribution < -0.4 is 5.32 Å². The number of benzene rings is 1. The van der Waals surface area contributed by atoms with E-state index in [0.717, 1.165) is 34.4 Å². The van der Waals surface area contributed by atoms with Crippen molar-refractivity contribution in [3.05, 3.63) is 46.3 Å². The Morgan fingerprint density at radius 3 is 2.57 bits per heavy atom. The highest BCUT2D eigenvalue weighted by Gasteiger charge is 2.27. The second-order valence-electron chi connectivity index (χ2n) is 4.83. The lowest BCUT2D eigenvalue weighted by Crippen LogP contribution is -2.00. The summed E-state index contributed by atoms with van der Waals surface area (Å²) in [7, 11) is 1.83. The number of anilines is 1. The number of non-ortho nitro benzene ring substituents is 1. The zero-order valence-electron chi connectivity index (χ0n) is 11.4. The van der Waals surface area contributed by atoms with Crippen molar-refractivity contribution in [2.75, 3.05) is 12.4 Å². The van der Waals surface area contributed by atoms with Crippen LogP contribution in [-0.4, -0.2) is 21.9 Å². The Morgan fingerprint density at radius 1 is 1.29 bits per heavy atom. The molecule has 1 aliphatic carbocycles. The van der Waals surface area contributed by atoms with Gasteiger partial charge in [0, 0.05) is 36.1 Å². The van der Waals surface area contributed by atoms with Gasteiger partial charge in [0.2, 0.25) is 0 Å². The summed E-state index contributed by atoms with van der Waals surface area (Å²) in [5.41, 5.74) is 0.0941. The normalized spacial score (nSPS) is 14.0. The highest BCUT2D eigenvalue weighted by Crippen LogP contribution is 2.39. The molecule has 1 aliphatic rings. The molecule has 1 N–H and O–H groups in total. The molecule has 108 valence electrons. The van der Waals surface area contributed by atoms with Crippen LogP contribution in [0.15, 0.2) is 40.3 Å². The molecule has 0 aliphatic heterocycles. The summed E-state index contributed by atoms with van der Waals surface area (Å²) < 4.78 is 0. The van der Waals surface area contributed by atoms with Crippen molar-refractivity contribution in [2.45, 2.75) is 28.7 Å². The second-order valence-corrected chi connectivity index (χ2v) is 5.92. The van der Waals surface area contributed by atoms with E-state index in [1.54, 1.807) is 12.1 Å². The third-order valence-corrected chi connectivity index (χ3v) is 4.11. The highest BCUT2D eigenvalue weighted by atomic mass is 32.2. The molecule has 7 heteroatoms. The predicted molar refractivity (Wildman–Crippen MR) is 80.8 cm³/mol. The monoisotopic (exact) mass is 302 g/mol. The van der Waals surface area contributed by atoms with Gasteiger partial charge in [-0.3, -0.25) is 10.1 Å². The molecule has 21 heavy (non-hydrogen) atoms. The van der Waals surface area contributed by atoms with E-state index in [2.05, 4.69) is 15.3 Å². The topological polar surface area (TPSA) is 81.0 Å². The van der Waals surface area contributed by atoms with Gasteiger partial charge < -0.3 is 5.32 Å². The molecule has 2 aromatic rings. The third-order valence-electron chi connectivity index (χ3n) is 3.19. The molecule has 0 spiro atoms. The van der Waals surface area contributed by atoms with Gasteiger partial charge in [-0.2, -0.15) is 0 Å². The average Bonchev–Trinajstić information content (AvgIpc) is 3.32. The van der Waals surface area contributed by atoms with Crippen molar-refractivity contribution in [1.29, 1.82) is 0 Å². The van der Waals surface area contributed by atoms with E-state index in [-0.39, 0.29) is 5.69 Å². The van der Waals surface area contributed by atoms with E-state index in [0.29, 0.717) is 5.92 Å². The number of nitro benzene ring substituents is 1. The number of hydrogen-bond donors (Lipinski definition) is 1. The summed E-state index contributed by atoms with van der Waals surface area (Å²) in [5, 5.41) is 14.5. The standard InChI is InChI=1S/C14H14N4O2S/c1-15-12-8-13(17-14(16-12)9-2-3-9)21-11-6-4-10(5-7-11)18(19)20/h4-9H,2-3H2,1H3,(H,15,16,17). The molecule has 3 rings (SSSR count). The molecular formula is C14H14N4O2S. The summed E-state index contributed by atoms with van der Waals surface area (Å²) in [5.74, 6) is 2.16. The molecule has 0 radical (unpaired) electrons. The number of nitro groups is 1. The van der Waals surface area contributed by atoms with Crippen LogP contribution >= 0.6 is 11.8 Å². The van der Waals surface area contributed by atoms with Gasteiger partial charge >= 0.3 is 0 Å². The van der Waals surface area contributed by atoms with Crippen LogP contribution in [0.5, 0.6) is 0 Å². The van der Waals surface area contributed by atoms with E-state index in [1.807, 2.05) is 13.1 Å².